The number of fused-ring (bicyclic) bond motifs is 1. The van der Waals surface area contributed by atoms with Gasteiger partial charge >= 0.3 is 0 Å². The Balaban J connectivity index is 1.60. The van der Waals surface area contributed by atoms with Crippen molar-refractivity contribution in [3.8, 4) is 0 Å². The third-order valence-corrected chi connectivity index (χ3v) is 6.63. The van der Waals surface area contributed by atoms with Crippen LogP contribution in [0.4, 0.5) is 0 Å². The first kappa shape index (κ1) is 15.3. The van der Waals surface area contributed by atoms with Crippen LogP contribution < -0.4 is 0 Å². The minimum atomic E-state index is -3.02. The van der Waals surface area contributed by atoms with Gasteiger partial charge in [0.2, 0.25) is 10.0 Å². The molecule has 0 spiro atoms. The van der Waals surface area contributed by atoms with E-state index >= 15 is 0 Å². The predicted octanol–water partition coefficient (Wildman–Crippen LogP) is 2.05. The van der Waals surface area contributed by atoms with Crippen LogP contribution in [0.5, 0.6) is 0 Å². The summed E-state index contributed by atoms with van der Waals surface area (Å²) in [6.45, 7) is 5.95. The van der Waals surface area contributed by atoms with E-state index < -0.39 is 10.0 Å². The molecule has 2 atom stereocenters. The summed E-state index contributed by atoms with van der Waals surface area (Å²) in [4.78, 5) is 2.41. The van der Waals surface area contributed by atoms with E-state index in [9.17, 15) is 8.42 Å². The van der Waals surface area contributed by atoms with Gasteiger partial charge < -0.3 is 0 Å². The van der Waals surface area contributed by atoms with E-state index in [1.807, 2.05) is 18.2 Å². The quantitative estimate of drug-likeness (QED) is 0.849. The van der Waals surface area contributed by atoms with Gasteiger partial charge in [-0.25, -0.2) is 12.7 Å². The van der Waals surface area contributed by atoms with E-state index in [0.29, 0.717) is 24.9 Å². The number of nitrogens with zero attached hydrogens (tertiary/aromatic N) is 2. The van der Waals surface area contributed by atoms with Crippen LogP contribution in [-0.2, 0) is 16.6 Å². The summed E-state index contributed by atoms with van der Waals surface area (Å²) in [7, 11) is -3.02. The molecule has 2 aliphatic heterocycles. The van der Waals surface area contributed by atoms with Crippen molar-refractivity contribution in [2.45, 2.75) is 13.5 Å². The summed E-state index contributed by atoms with van der Waals surface area (Å²) < 4.78 is 25.6. The SMILES string of the molecule is CCS(=O)(=O)N1C[C@H]2CN(Cc3cccc(Cl)c3)C[C@@H]2C1. The number of likely N-dealkylation sites (tertiary alicyclic amines) is 1. The van der Waals surface area contributed by atoms with Gasteiger partial charge in [0.25, 0.3) is 0 Å². The third-order valence-electron chi connectivity index (χ3n) is 4.58. The molecular weight excluding hydrogens is 308 g/mol. The highest BCUT2D eigenvalue weighted by Gasteiger charge is 2.43. The molecule has 0 radical (unpaired) electrons. The molecule has 0 saturated carbocycles. The van der Waals surface area contributed by atoms with Crippen molar-refractivity contribution in [3.63, 3.8) is 0 Å². The fourth-order valence-corrected chi connectivity index (χ4v) is 4.89. The van der Waals surface area contributed by atoms with Crippen LogP contribution in [0.3, 0.4) is 0 Å². The van der Waals surface area contributed by atoms with Crippen molar-refractivity contribution >= 4 is 21.6 Å². The predicted molar refractivity (Wildman–Crippen MR) is 84.7 cm³/mol. The van der Waals surface area contributed by atoms with Gasteiger partial charge in [-0.05, 0) is 36.5 Å². The summed E-state index contributed by atoms with van der Waals surface area (Å²) in [5.74, 6) is 1.16. The Bertz CT molecular complexity index is 606. The molecule has 0 aliphatic carbocycles. The van der Waals surface area contributed by atoms with Crippen LogP contribution in [0, 0.1) is 11.8 Å². The molecule has 116 valence electrons. The van der Waals surface area contributed by atoms with E-state index in [2.05, 4.69) is 11.0 Å². The molecule has 4 nitrogen and oxygen atoms in total. The number of benzene rings is 1. The second-order valence-corrected chi connectivity index (χ2v) is 8.76. The zero-order valence-electron chi connectivity index (χ0n) is 12.2. The van der Waals surface area contributed by atoms with Crippen LogP contribution >= 0.6 is 11.6 Å². The number of sulfonamides is 1. The topological polar surface area (TPSA) is 40.6 Å². The lowest BCUT2D eigenvalue weighted by Gasteiger charge is -2.21. The zero-order valence-corrected chi connectivity index (χ0v) is 13.8. The molecule has 21 heavy (non-hydrogen) atoms. The third kappa shape index (κ3) is 3.26. The molecule has 3 rings (SSSR count). The van der Waals surface area contributed by atoms with Gasteiger partial charge in [-0.2, -0.15) is 0 Å². The fraction of sp³-hybridized carbons (Fsp3) is 0.600. The first-order valence-electron chi connectivity index (χ1n) is 7.42. The Labute approximate surface area is 131 Å². The molecule has 0 unspecified atom stereocenters. The van der Waals surface area contributed by atoms with Gasteiger partial charge in [0.05, 0.1) is 5.75 Å². The Morgan fingerprint density at radius 3 is 2.43 bits per heavy atom. The first-order chi connectivity index (χ1) is 9.98. The molecule has 0 aromatic heterocycles. The summed E-state index contributed by atoms with van der Waals surface area (Å²) in [6.07, 6.45) is 0. The van der Waals surface area contributed by atoms with Crippen molar-refractivity contribution in [2.24, 2.45) is 11.8 Å². The van der Waals surface area contributed by atoms with Crippen molar-refractivity contribution in [3.05, 3.63) is 34.9 Å². The van der Waals surface area contributed by atoms with E-state index in [4.69, 9.17) is 11.6 Å². The monoisotopic (exact) mass is 328 g/mol. The van der Waals surface area contributed by atoms with E-state index in [1.54, 1.807) is 11.2 Å². The maximum atomic E-state index is 11.9. The molecule has 1 aromatic rings. The molecular formula is C15H21ClN2O2S. The van der Waals surface area contributed by atoms with Gasteiger partial charge in [-0.3, -0.25) is 4.90 Å². The number of hydrogen-bond donors (Lipinski definition) is 0. The van der Waals surface area contributed by atoms with Gasteiger partial charge in [0, 0.05) is 37.7 Å². The molecule has 2 heterocycles. The summed E-state index contributed by atoms with van der Waals surface area (Å²) in [6, 6.07) is 7.96. The number of rotatable bonds is 4. The van der Waals surface area contributed by atoms with Crippen molar-refractivity contribution in [2.75, 3.05) is 31.9 Å². The molecule has 2 aliphatic rings. The Morgan fingerprint density at radius 2 is 1.86 bits per heavy atom. The fourth-order valence-electron chi connectivity index (χ4n) is 3.48. The molecule has 0 N–H and O–H groups in total. The van der Waals surface area contributed by atoms with Gasteiger partial charge in [0.1, 0.15) is 0 Å². The Morgan fingerprint density at radius 1 is 1.19 bits per heavy atom. The highest BCUT2D eigenvalue weighted by Crippen LogP contribution is 2.33. The van der Waals surface area contributed by atoms with Gasteiger partial charge in [-0.1, -0.05) is 23.7 Å². The minimum absolute atomic E-state index is 0.207. The van der Waals surface area contributed by atoms with E-state index in [1.165, 1.54) is 5.56 Å². The maximum Gasteiger partial charge on any atom is 0.213 e. The van der Waals surface area contributed by atoms with Crippen molar-refractivity contribution < 1.29 is 8.42 Å². The summed E-state index contributed by atoms with van der Waals surface area (Å²) >= 11 is 6.02. The van der Waals surface area contributed by atoms with E-state index in [0.717, 1.165) is 24.7 Å². The molecule has 0 amide bonds. The van der Waals surface area contributed by atoms with Crippen molar-refractivity contribution in [1.29, 1.82) is 0 Å². The molecule has 2 fully saturated rings. The second-order valence-electron chi connectivity index (χ2n) is 6.06. The number of halogens is 1. The lowest BCUT2D eigenvalue weighted by atomic mass is 10.0. The average molecular weight is 329 g/mol. The largest absolute Gasteiger partial charge is 0.298 e. The number of hydrogen-bond acceptors (Lipinski definition) is 3. The lowest BCUT2D eigenvalue weighted by Crippen LogP contribution is -2.34. The first-order valence-corrected chi connectivity index (χ1v) is 9.41. The zero-order chi connectivity index (χ0) is 15.0. The normalized spacial score (nSPS) is 27.1. The van der Waals surface area contributed by atoms with Gasteiger partial charge in [0.15, 0.2) is 0 Å². The standard InChI is InChI=1S/C15H21ClN2O2S/c1-2-21(19,20)18-10-13-8-17(9-14(13)11-18)7-12-4-3-5-15(16)6-12/h3-6,13-14H,2,7-11H2,1H3/t13-,14-/m1/s1. The van der Waals surface area contributed by atoms with Crippen LogP contribution in [0.1, 0.15) is 12.5 Å². The maximum absolute atomic E-state index is 11.9. The van der Waals surface area contributed by atoms with Crippen molar-refractivity contribution in [1.82, 2.24) is 9.21 Å². The van der Waals surface area contributed by atoms with Crippen LogP contribution in [-0.4, -0.2) is 49.6 Å². The van der Waals surface area contributed by atoms with Crippen LogP contribution in [0.15, 0.2) is 24.3 Å². The van der Waals surface area contributed by atoms with Crippen LogP contribution in [0.2, 0.25) is 5.02 Å². The smallest absolute Gasteiger partial charge is 0.213 e. The summed E-state index contributed by atoms with van der Waals surface area (Å²) in [5, 5.41) is 0.770. The second kappa shape index (κ2) is 5.88. The lowest BCUT2D eigenvalue weighted by molar-refractivity contribution is 0.290. The van der Waals surface area contributed by atoms with Crippen LogP contribution in [0.25, 0.3) is 0 Å². The highest BCUT2D eigenvalue weighted by molar-refractivity contribution is 7.89. The van der Waals surface area contributed by atoms with Gasteiger partial charge in [-0.15, -0.1) is 0 Å². The summed E-state index contributed by atoms with van der Waals surface area (Å²) in [5.41, 5.74) is 1.22. The molecule has 6 heteroatoms. The highest BCUT2D eigenvalue weighted by atomic mass is 35.5. The molecule has 0 bridgehead atoms. The molecule has 1 aromatic carbocycles. The Kier molecular flexibility index (Phi) is 4.28. The average Bonchev–Trinajstić information content (AvgIpc) is 2.97. The Hall–Kier alpha value is -0.620. The van der Waals surface area contributed by atoms with E-state index in [-0.39, 0.29) is 5.75 Å². The molecule has 2 saturated heterocycles. The minimum Gasteiger partial charge on any atom is -0.298 e.